The van der Waals surface area contributed by atoms with Crippen molar-refractivity contribution in [3.8, 4) is 56.4 Å². The van der Waals surface area contributed by atoms with E-state index in [4.69, 9.17) is 19.4 Å². The van der Waals surface area contributed by atoms with Gasteiger partial charge >= 0.3 is 0 Å². The number of nitrogens with zero attached hydrogens (tertiary/aromatic N) is 3. The molecule has 4 nitrogen and oxygen atoms in total. The first-order chi connectivity index (χ1) is 25.2. The molecule has 0 unspecified atom stereocenters. The first-order valence-electron chi connectivity index (χ1n) is 17.1. The van der Waals surface area contributed by atoms with Gasteiger partial charge < -0.3 is 4.42 Å². The normalized spacial score (nSPS) is 11.5. The van der Waals surface area contributed by atoms with E-state index in [1.807, 2.05) is 36.4 Å². The molecule has 0 aliphatic rings. The van der Waals surface area contributed by atoms with Crippen molar-refractivity contribution in [2.75, 3.05) is 0 Å². The highest BCUT2D eigenvalue weighted by Gasteiger charge is 2.18. The lowest BCUT2D eigenvalue weighted by atomic mass is 9.95. The number of hydrogen-bond acceptors (Lipinski definition) is 4. The Hall–Kier alpha value is -6.91. The van der Waals surface area contributed by atoms with E-state index in [1.54, 1.807) is 0 Å². The van der Waals surface area contributed by atoms with Crippen molar-refractivity contribution in [1.29, 1.82) is 0 Å². The molecule has 10 aromatic rings. The maximum atomic E-state index is 6.63. The van der Waals surface area contributed by atoms with Gasteiger partial charge in [-0.1, -0.05) is 152 Å². The van der Waals surface area contributed by atoms with Gasteiger partial charge in [-0.25, -0.2) is 15.0 Å². The Labute approximate surface area is 294 Å². The summed E-state index contributed by atoms with van der Waals surface area (Å²) >= 11 is 0. The maximum Gasteiger partial charge on any atom is 0.164 e. The van der Waals surface area contributed by atoms with Crippen LogP contribution in [0.5, 0.6) is 0 Å². The molecule has 0 aliphatic heterocycles. The van der Waals surface area contributed by atoms with Crippen molar-refractivity contribution in [2.24, 2.45) is 0 Å². The van der Waals surface area contributed by atoms with Gasteiger partial charge in [-0.15, -0.1) is 0 Å². The second-order valence-corrected chi connectivity index (χ2v) is 12.8. The lowest BCUT2D eigenvalue weighted by Crippen LogP contribution is -2.00. The van der Waals surface area contributed by atoms with Gasteiger partial charge in [-0.3, -0.25) is 0 Å². The Balaban J connectivity index is 1.09. The molecule has 238 valence electrons. The van der Waals surface area contributed by atoms with Crippen LogP contribution in [0, 0.1) is 0 Å². The minimum atomic E-state index is 0.592. The van der Waals surface area contributed by atoms with Crippen LogP contribution in [0.3, 0.4) is 0 Å². The molecule has 0 spiro atoms. The molecule has 0 atom stereocenters. The molecule has 0 aliphatic carbocycles. The summed E-state index contributed by atoms with van der Waals surface area (Å²) in [5.74, 6) is 1.83. The highest BCUT2D eigenvalue weighted by atomic mass is 16.3. The summed E-state index contributed by atoms with van der Waals surface area (Å²) < 4.78 is 6.63. The average Bonchev–Trinajstić information content (AvgIpc) is 3.59. The molecule has 51 heavy (non-hydrogen) atoms. The molecule has 0 saturated carbocycles. The Bertz CT molecular complexity index is 2900. The molecular weight excluding hydrogens is 623 g/mol. The number of fused-ring (bicyclic) bond motifs is 6. The van der Waals surface area contributed by atoms with Crippen LogP contribution in [0.15, 0.2) is 180 Å². The first kappa shape index (κ1) is 29.0. The summed E-state index contributed by atoms with van der Waals surface area (Å²) in [6, 6.07) is 61.1. The maximum absolute atomic E-state index is 6.63. The molecule has 0 radical (unpaired) electrons. The van der Waals surface area contributed by atoms with E-state index >= 15 is 0 Å². The van der Waals surface area contributed by atoms with Crippen molar-refractivity contribution >= 4 is 43.5 Å². The number of rotatable bonds is 5. The molecule has 0 bridgehead atoms. The predicted octanol–water partition coefficient (Wildman–Crippen LogP) is 12.4. The summed E-state index contributed by atoms with van der Waals surface area (Å²) in [6.07, 6.45) is 0. The second-order valence-electron chi connectivity index (χ2n) is 12.8. The molecule has 2 heterocycles. The van der Waals surface area contributed by atoms with Gasteiger partial charge in [0, 0.05) is 27.5 Å². The van der Waals surface area contributed by atoms with Crippen LogP contribution in [-0.4, -0.2) is 15.0 Å². The van der Waals surface area contributed by atoms with Crippen molar-refractivity contribution in [2.45, 2.75) is 0 Å². The standard InChI is InChI=1S/C47H29N3O/c1-3-12-32(13-4-1)41-29-43-44(39-18-10-9-17-38(39)41)40-26-25-37(28-42(40)51-43)47-49-45(33-14-5-2-6-15-33)48-46(50-47)34-22-19-31(20-23-34)36-24-21-30-11-7-8-16-35(30)27-36/h1-29H. The average molecular weight is 652 g/mol. The molecule has 4 heteroatoms. The van der Waals surface area contributed by atoms with Crippen LogP contribution in [0.1, 0.15) is 0 Å². The number of aromatic nitrogens is 3. The molecule has 0 fully saturated rings. The minimum absolute atomic E-state index is 0.592. The second kappa shape index (κ2) is 11.9. The number of hydrogen-bond donors (Lipinski definition) is 0. The lowest BCUT2D eigenvalue weighted by molar-refractivity contribution is 0.669. The van der Waals surface area contributed by atoms with E-state index < -0.39 is 0 Å². The zero-order chi connectivity index (χ0) is 33.7. The van der Waals surface area contributed by atoms with Gasteiger partial charge in [0.2, 0.25) is 0 Å². The quantitative estimate of drug-likeness (QED) is 0.186. The van der Waals surface area contributed by atoms with Gasteiger partial charge in [-0.2, -0.15) is 0 Å². The Morgan fingerprint density at radius 1 is 0.314 bits per heavy atom. The van der Waals surface area contributed by atoms with Crippen LogP contribution in [0.25, 0.3) is 99.9 Å². The van der Waals surface area contributed by atoms with Crippen LogP contribution in [-0.2, 0) is 0 Å². The molecule has 0 saturated heterocycles. The molecule has 8 aromatic carbocycles. The van der Waals surface area contributed by atoms with Crippen molar-refractivity contribution < 1.29 is 4.42 Å². The monoisotopic (exact) mass is 651 g/mol. The van der Waals surface area contributed by atoms with Crippen molar-refractivity contribution in [3.63, 3.8) is 0 Å². The van der Waals surface area contributed by atoms with Crippen LogP contribution in [0.4, 0.5) is 0 Å². The zero-order valence-electron chi connectivity index (χ0n) is 27.5. The summed E-state index contributed by atoms with van der Waals surface area (Å²) in [5.41, 5.74) is 8.98. The SMILES string of the molecule is c1ccc(-c2nc(-c3ccc(-c4ccc5ccccc5c4)cc3)nc(-c3ccc4c(c3)oc3cc(-c5ccccc5)c5ccccc5c34)n2)cc1. The lowest BCUT2D eigenvalue weighted by Gasteiger charge is -2.09. The van der Waals surface area contributed by atoms with E-state index in [0.29, 0.717) is 17.5 Å². The molecule has 10 rings (SSSR count). The fourth-order valence-electron chi connectivity index (χ4n) is 7.17. The Morgan fingerprint density at radius 2 is 0.863 bits per heavy atom. The Kier molecular flexibility index (Phi) is 6.78. The summed E-state index contributed by atoms with van der Waals surface area (Å²) in [4.78, 5) is 15.0. The fourth-order valence-corrected chi connectivity index (χ4v) is 7.17. The van der Waals surface area contributed by atoms with Crippen LogP contribution in [0.2, 0.25) is 0 Å². The smallest absolute Gasteiger partial charge is 0.164 e. The van der Waals surface area contributed by atoms with Crippen LogP contribution >= 0.6 is 0 Å². The predicted molar refractivity (Wildman–Crippen MR) is 209 cm³/mol. The molecule has 0 N–H and O–H groups in total. The van der Waals surface area contributed by atoms with E-state index in [9.17, 15) is 0 Å². The van der Waals surface area contributed by atoms with Crippen LogP contribution < -0.4 is 0 Å². The fraction of sp³-hybridized carbons (Fsp3) is 0. The first-order valence-corrected chi connectivity index (χ1v) is 17.1. The van der Waals surface area contributed by atoms with Crippen molar-refractivity contribution in [3.05, 3.63) is 176 Å². The summed E-state index contributed by atoms with van der Waals surface area (Å²) in [5, 5.41) is 6.99. The molecule has 2 aromatic heterocycles. The number of benzene rings is 8. The third-order valence-electron chi connectivity index (χ3n) is 9.72. The van der Waals surface area contributed by atoms with Gasteiger partial charge in [0.1, 0.15) is 11.2 Å². The van der Waals surface area contributed by atoms with E-state index in [-0.39, 0.29) is 0 Å². The zero-order valence-corrected chi connectivity index (χ0v) is 27.5. The summed E-state index contributed by atoms with van der Waals surface area (Å²) in [6.45, 7) is 0. The third-order valence-corrected chi connectivity index (χ3v) is 9.72. The van der Waals surface area contributed by atoms with Gasteiger partial charge in [0.05, 0.1) is 0 Å². The Morgan fingerprint density at radius 3 is 1.61 bits per heavy atom. The topological polar surface area (TPSA) is 51.8 Å². The largest absolute Gasteiger partial charge is 0.456 e. The van der Waals surface area contributed by atoms with Gasteiger partial charge in [0.15, 0.2) is 17.5 Å². The molecule has 0 amide bonds. The minimum Gasteiger partial charge on any atom is -0.456 e. The van der Waals surface area contributed by atoms with E-state index in [1.165, 1.54) is 27.1 Å². The summed E-state index contributed by atoms with van der Waals surface area (Å²) in [7, 11) is 0. The van der Waals surface area contributed by atoms with E-state index in [2.05, 4.69) is 140 Å². The molecular formula is C47H29N3O. The van der Waals surface area contributed by atoms with E-state index in [0.717, 1.165) is 55.3 Å². The van der Waals surface area contributed by atoms with Gasteiger partial charge in [0.25, 0.3) is 0 Å². The number of furan rings is 1. The third kappa shape index (κ3) is 5.13. The van der Waals surface area contributed by atoms with Gasteiger partial charge in [-0.05, 0) is 68.1 Å². The van der Waals surface area contributed by atoms with Crippen molar-refractivity contribution in [1.82, 2.24) is 15.0 Å². The highest BCUT2D eigenvalue weighted by Crippen LogP contribution is 2.41. The highest BCUT2D eigenvalue weighted by molar-refractivity contribution is 6.22.